The second kappa shape index (κ2) is 19.0. The van der Waals surface area contributed by atoms with Crippen LogP contribution >= 0.6 is 0 Å². The summed E-state index contributed by atoms with van der Waals surface area (Å²) < 4.78 is 25.0. The quantitative estimate of drug-likeness (QED) is 0.0465. The number of rotatable bonds is 17. The number of esters is 3. The third-order valence-electron chi connectivity index (χ3n) is 10.6. The van der Waals surface area contributed by atoms with Gasteiger partial charge >= 0.3 is 17.9 Å². The third-order valence-corrected chi connectivity index (χ3v) is 15.6. The van der Waals surface area contributed by atoms with Gasteiger partial charge in [-0.15, -0.1) is 0 Å². The molecule has 0 N–H and O–H groups in total. The fourth-order valence-corrected chi connectivity index (χ4v) is 12.5. The number of carbonyl (C=O) groups is 3. The molecule has 0 unspecified atom stereocenters. The van der Waals surface area contributed by atoms with Crippen molar-refractivity contribution in [2.45, 2.75) is 89.4 Å². The zero-order chi connectivity index (χ0) is 37.7. The second-order valence-corrected chi connectivity index (χ2v) is 19.3. The molecule has 0 saturated heterocycles. The predicted molar refractivity (Wildman–Crippen MR) is 211 cm³/mol. The van der Waals surface area contributed by atoms with Crippen molar-refractivity contribution in [2.75, 3.05) is 13.7 Å². The molecule has 0 heterocycles. The molecule has 5 rings (SSSR count). The van der Waals surface area contributed by atoms with Crippen molar-refractivity contribution in [3.8, 4) is 0 Å². The summed E-state index contributed by atoms with van der Waals surface area (Å²) in [7, 11) is -1.52. The number of benzene rings is 4. The van der Waals surface area contributed by atoms with Crippen molar-refractivity contribution in [3.05, 3.63) is 132 Å². The summed E-state index contributed by atoms with van der Waals surface area (Å²) in [4.78, 5) is 38.8. The van der Waals surface area contributed by atoms with Gasteiger partial charge in [-0.25, -0.2) is 9.59 Å². The Bertz CT molecular complexity index is 1690. The molecule has 1 saturated carbocycles. The maximum Gasteiger partial charge on any atom is 0.338 e. The van der Waals surface area contributed by atoms with Crippen LogP contribution in [0.3, 0.4) is 0 Å². The van der Waals surface area contributed by atoms with Gasteiger partial charge in [-0.05, 0) is 52.5 Å². The van der Waals surface area contributed by atoms with E-state index in [9.17, 15) is 14.4 Å². The van der Waals surface area contributed by atoms with E-state index in [2.05, 4.69) is 69.3 Å². The van der Waals surface area contributed by atoms with Crippen molar-refractivity contribution in [1.82, 2.24) is 0 Å². The Hall–Kier alpha value is -4.53. The number of methoxy groups -OCH3 is 1. The number of ether oxygens (including phenoxy) is 3. The van der Waals surface area contributed by atoms with Crippen LogP contribution in [-0.4, -0.2) is 52.1 Å². The standard InChI is InChI=1S/C45H54O7Si/c1-45(2,3)53(36-26-16-10-17-27-36,37-28-18-11-19-29-37)50-33-39-38(30-20-6-5-7-21-31-42(46)49-4)40(51-43(47)34-22-12-8-13-23-34)32-41(39)52-44(48)35-24-14-9-15-25-35/h8-19,22-29,38-41H,5-7,20-21,30-33H2,1-4H3/t38-,39+,40-,41+/m1/s1. The summed E-state index contributed by atoms with van der Waals surface area (Å²) in [6, 6.07) is 39.1. The largest absolute Gasteiger partial charge is 0.469 e. The topological polar surface area (TPSA) is 88.1 Å². The minimum Gasteiger partial charge on any atom is -0.469 e. The van der Waals surface area contributed by atoms with E-state index in [-0.39, 0.29) is 28.8 Å². The SMILES string of the molecule is COC(=O)CCCCCCC[C@@H]1[C@H](CO[Si](c2ccccc2)(c2ccccc2)C(C)(C)C)[C@@H](OC(=O)c2ccccc2)C[C@H]1OC(=O)c1ccccc1. The van der Waals surface area contributed by atoms with E-state index >= 15 is 0 Å². The molecule has 0 spiro atoms. The van der Waals surface area contributed by atoms with Crippen LogP contribution in [0.5, 0.6) is 0 Å². The van der Waals surface area contributed by atoms with E-state index in [1.807, 2.05) is 48.5 Å². The monoisotopic (exact) mass is 734 g/mol. The average molecular weight is 735 g/mol. The molecule has 1 fully saturated rings. The van der Waals surface area contributed by atoms with Gasteiger partial charge < -0.3 is 18.6 Å². The highest BCUT2D eigenvalue weighted by Gasteiger charge is 2.53. The van der Waals surface area contributed by atoms with Crippen molar-refractivity contribution in [2.24, 2.45) is 11.8 Å². The van der Waals surface area contributed by atoms with Crippen LogP contribution in [-0.2, 0) is 23.4 Å². The highest BCUT2D eigenvalue weighted by molar-refractivity contribution is 6.99. The van der Waals surface area contributed by atoms with Gasteiger partial charge in [0.15, 0.2) is 0 Å². The number of carbonyl (C=O) groups excluding carboxylic acids is 3. The molecule has 4 atom stereocenters. The van der Waals surface area contributed by atoms with Gasteiger partial charge in [-0.2, -0.15) is 0 Å². The van der Waals surface area contributed by atoms with Crippen LogP contribution in [0.4, 0.5) is 0 Å². The Morgan fingerprint density at radius 1 is 0.604 bits per heavy atom. The lowest BCUT2D eigenvalue weighted by atomic mass is 9.89. The normalized spacial score (nSPS) is 18.6. The zero-order valence-electron chi connectivity index (χ0n) is 31.6. The first-order valence-electron chi connectivity index (χ1n) is 19.0. The first-order valence-corrected chi connectivity index (χ1v) is 20.9. The van der Waals surface area contributed by atoms with E-state index < -0.39 is 26.5 Å². The third kappa shape index (κ3) is 10.1. The van der Waals surface area contributed by atoms with Gasteiger partial charge in [0.05, 0.1) is 18.2 Å². The Kier molecular flexibility index (Phi) is 14.2. The van der Waals surface area contributed by atoms with Gasteiger partial charge in [0.1, 0.15) is 12.2 Å². The van der Waals surface area contributed by atoms with Gasteiger partial charge in [-0.1, -0.05) is 144 Å². The van der Waals surface area contributed by atoms with Crippen molar-refractivity contribution in [3.63, 3.8) is 0 Å². The minimum atomic E-state index is -2.94. The average Bonchev–Trinajstić information content (AvgIpc) is 3.49. The molecule has 0 aromatic heterocycles. The lowest BCUT2D eigenvalue weighted by molar-refractivity contribution is -0.140. The Morgan fingerprint density at radius 2 is 1.04 bits per heavy atom. The molecule has 0 amide bonds. The first kappa shape index (κ1) is 39.7. The molecule has 8 heteroatoms. The smallest absolute Gasteiger partial charge is 0.338 e. The lowest BCUT2D eigenvalue weighted by Gasteiger charge is -2.44. The Labute approximate surface area is 316 Å². The lowest BCUT2D eigenvalue weighted by Crippen LogP contribution is -2.67. The summed E-state index contributed by atoms with van der Waals surface area (Å²) in [5, 5.41) is 2.10. The van der Waals surface area contributed by atoms with E-state index in [0.29, 0.717) is 30.6 Å². The van der Waals surface area contributed by atoms with Gasteiger partial charge in [0.2, 0.25) is 0 Å². The Balaban J connectivity index is 1.47. The van der Waals surface area contributed by atoms with Crippen LogP contribution in [0.1, 0.15) is 92.9 Å². The molecule has 53 heavy (non-hydrogen) atoms. The van der Waals surface area contributed by atoms with Gasteiger partial charge in [0, 0.05) is 31.3 Å². The molecular formula is C45H54O7Si. The number of hydrogen-bond acceptors (Lipinski definition) is 7. The van der Waals surface area contributed by atoms with Crippen molar-refractivity contribution in [1.29, 1.82) is 0 Å². The van der Waals surface area contributed by atoms with Crippen LogP contribution in [0.2, 0.25) is 5.04 Å². The summed E-state index contributed by atoms with van der Waals surface area (Å²) in [6.07, 6.45) is 5.16. The van der Waals surface area contributed by atoms with E-state index in [1.165, 1.54) is 17.5 Å². The fraction of sp³-hybridized carbons (Fsp3) is 0.400. The highest BCUT2D eigenvalue weighted by Crippen LogP contribution is 2.43. The molecule has 0 bridgehead atoms. The van der Waals surface area contributed by atoms with Crippen LogP contribution in [0.15, 0.2) is 121 Å². The maximum absolute atomic E-state index is 13.6. The first-order chi connectivity index (χ1) is 25.6. The molecule has 7 nitrogen and oxygen atoms in total. The van der Waals surface area contributed by atoms with Crippen LogP contribution < -0.4 is 10.4 Å². The Morgan fingerprint density at radius 3 is 1.51 bits per heavy atom. The highest BCUT2D eigenvalue weighted by atomic mass is 28.4. The van der Waals surface area contributed by atoms with E-state index in [0.717, 1.165) is 38.5 Å². The summed E-state index contributed by atoms with van der Waals surface area (Å²) in [6.45, 7) is 7.10. The molecular weight excluding hydrogens is 681 g/mol. The van der Waals surface area contributed by atoms with Crippen molar-refractivity contribution < 1.29 is 33.0 Å². The minimum absolute atomic E-state index is 0.107. The van der Waals surface area contributed by atoms with Crippen molar-refractivity contribution >= 4 is 36.6 Å². The van der Waals surface area contributed by atoms with Crippen LogP contribution in [0, 0.1) is 11.8 Å². The molecule has 1 aliphatic carbocycles. The second-order valence-electron chi connectivity index (χ2n) is 15.0. The maximum atomic E-state index is 13.6. The van der Waals surface area contributed by atoms with Gasteiger partial charge in [-0.3, -0.25) is 4.79 Å². The molecule has 4 aromatic carbocycles. The molecule has 1 aliphatic rings. The fourth-order valence-electron chi connectivity index (χ4n) is 7.86. The molecule has 280 valence electrons. The predicted octanol–water partition coefficient (Wildman–Crippen LogP) is 8.55. The van der Waals surface area contributed by atoms with Crippen LogP contribution in [0.25, 0.3) is 0 Å². The van der Waals surface area contributed by atoms with Gasteiger partial charge in [0.25, 0.3) is 8.32 Å². The molecule has 0 aliphatic heterocycles. The summed E-state index contributed by atoms with van der Waals surface area (Å²) in [5.74, 6) is -1.30. The number of unbranched alkanes of at least 4 members (excludes halogenated alkanes) is 4. The van der Waals surface area contributed by atoms with E-state index in [4.69, 9.17) is 18.6 Å². The summed E-state index contributed by atoms with van der Waals surface area (Å²) in [5.41, 5.74) is 0.967. The van der Waals surface area contributed by atoms with E-state index in [1.54, 1.807) is 24.3 Å². The zero-order valence-corrected chi connectivity index (χ0v) is 32.6. The molecule has 4 aromatic rings. The number of hydrogen-bond donors (Lipinski definition) is 0. The summed E-state index contributed by atoms with van der Waals surface area (Å²) >= 11 is 0. The molecule has 0 radical (unpaired) electrons.